The molecule has 0 saturated heterocycles. The maximum Gasteiger partial charge on any atom is 0.0647 e. The van der Waals surface area contributed by atoms with E-state index in [1.807, 2.05) is 18.3 Å². The predicted molar refractivity (Wildman–Crippen MR) is 101 cm³/mol. The van der Waals surface area contributed by atoms with Gasteiger partial charge in [0.15, 0.2) is 0 Å². The molecule has 3 nitrogen and oxygen atoms in total. The van der Waals surface area contributed by atoms with Crippen LogP contribution in [0.3, 0.4) is 0 Å². The van der Waals surface area contributed by atoms with Crippen LogP contribution in [-0.4, -0.2) is 19.2 Å². The summed E-state index contributed by atoms with van der Waals surface area (Å²) in [6.07, 6.45) is 1.83. The molecule has 2 aromatic carbocycles. The predicted octanol–water partition coefficient (Wildman–Crippen LogP) is 5.16. The van der Waals surface area contributed by atoms with Crippen molar-refractivity contribution < 1.29 is 29.6 Å². The zero-order valence-electron chi connectivity index (χ0n) is 15.6. The Bertz CT molecular complexity index is 899. The molecule has 0 N–H and O–H groups in total. The summed E-state index contributed by atoms with van der Waals surface area (Å²) >= 11 is 0. The summed E-state index contributed by atoms with van der Waals surface area (Å²) in [7, 11) is 3.27. The van der Waals surface area contributed by atoms with Gasteiger partial charge in [-0.25, -0.2) is 0 Å². The second-order valence-electron chi connectivity index (χ2n) is 6.19. The minimum absolute atomic E-state index is 0. The fourth-order valence-corrected chi connectivity index (χ4v) is 3.29. The molecule has 1 heterocycles. The first-order valence-corrected chi connectivity index (χ1v) is 8.22. The molecule has 0 saturated carbocycles. The molecule has 0 atom stereocenters. The number of hydrogen-bond acceptors (Lipinski definition) is 3. The van der Waals surface area contributed by atoms with Gasteiger partial charge in [0.25, 0.3) is 0 Å². The Hall–Kier alpha value is -2.16. The van der Waals surface area contributed by atoms with Crippen molar-refractivity contribution in [3.63, 3.8) is 0 Å². The average Bonchev–Trinajstić information content (AvgIpc) is 2.60. The first-order chi connectivity index (χ1) is 12.0. The van der Waals surface area contributed by atoms with Crippen LogP contribution >= 0.6 is 0 Å². The topological polar surface area (TPSA) is 31.4 Å². The Morgan fingerprint density at radius 1 is 0.923 bits per heavy atom. The molecule has 0 fully saturated rings. The summed E-state index contributed by atoms with van der Waals surface area (Å²) in [6.45, 7) is 6.42. The Balaban J connectivity index is 0.00000243. The summed E-state index contributed by atoms with van der Waals surface area (Å²) < 4.78 is 10.8. The van der Waals surface area contributed by atoms with Crippen molar-refractivity contribution in [1.29, 1.82) is 0 Å². The molecule has 137 valence electrons. The van der Waals surface area contributed by atoms with Crippen molar-refractivity contribution >= 4 is 0 Å². The fraction of sp³-hybridized carbons (Fsp3) is 0.227. The van der Waals surface area contributed by atoms with E-state index in [-0.39, 0.29) is 20.1 Å². The van der Waals surface area contributed by atoms with Crippen LogP contribution < -0.4 is 9.47 Å². The van der Waals surface area contributed by atoms with Crippen LogP contribution in [0.5, 0.6) is 11.5 Å². The molecule has 0 aliphatic heterocycles. The van der Waals surface area contributed by atoms with Crippen LogP contribution in [0.4, 0.5) is 0 Å². The van der Waals surface area contributed by atoms with E-state index in [2.05, 4.69) is 50.0 Å². The van der Waals surface area contributed by atoms with E-state index in [1.165, 1.54) is 22.3 Å². The van der Waals surface area contributed by atoms with Crippen molar-refractivity contribution in [2.24, 2.45) is 0 Å². The molecule has 1 aromatic heterocycles. The number of rotatable bonds is 4. The third-order valence-corrected chi connectivity index (χ3v) is 4.32. The van der Waals surface area contributed by atoms with Crippen LogP contribution in [0.2, 0.25) is 0 Å². The third-order valence-electron chi connectivity index (χ3n) is 4.32. The van der Waals surface area contributed by atoms with E-state index in [0.29, 0.717) is 11.5 Å². The largest absolute Gasteiger partial charge is 0.540 e. The van der Waals surface area contributed by atoms with Crippen molar-refractivity contribution in [1.82, 2.24) is 4.98 Å². The van der Waals surface area contributed by atoms with E-state index in [4.69, 9.17) is 9.47 Å². The van der Waals surface area contributed by atoms with Gasteiger partial charge in [-0.1, -0.05) is 35.4 Å². The molecular formula is C22H22IrNO2-. The second kappa shape index (κ2) is 8.48. The third kappa shape index (κ3) is 3.98. The molecule has 26 heavy (non-hydrogen) atoms. The number of nitrogens with zero attached hydrogens (tertiary/aromatic N) is 1. The van der Waals surface area contributed by atoms with E-state index in [0.717, 1.165) is 16.8 Å². The molecule has 0 aliphatic rings. The van der Waals surface area contributed by atoms with E-state index < -0.39 is 0 Å². The van der Waals surface area contributed by atoms with Crippen molar-refractivity contribution in [3.8, 4) is 33.9 Å². The number of aromatic nitrogens is 1. The van der Waals surface area contributed by atoms with Crippen LogP contribution in [-0.2, 0) is 20.1 Å². The normalized spacial score (nSPS) is 10.2. The summed E-state index contributed by atoms with van der Waals surface area (Å²) in [4.78, 5) is 4.52. The quantitative estimate of drug-likeness (QED) is 0.442. The van der Waals surface area contributed by atoms with Gasteiger partial charge < -0.3 is 14.5 Å². The maximum absolute atomic E-state index is 5.50. The SMILES string of the molecule is COc1c[c-]c(-c2cc(-c3c(C)cc(C)cc3C)ccn2)c(OC)c1.[Ir]. The Labute approximate surface area is 168 Å². The minimum Gasteiger partial charge on any atom is -0.540 e. The molecule has 0 amide bonds. The molecular weight excluding hydrogens is 502 g/mol. The molecule has 3 rings (SSSR count). The number of benzene rings is 2. The minimum atomic E-state index is 0. The molecule has 0 unspecified atom stereocenters. The van der Waals surface area contributed by atoms with Crippen LogP contribution in [0.15, 0.2) is 42.6 Å². The smallest absolute Gasteiger partial charge is 0.0647 e. The van der Waals surface area contributed by atoms with Gasteiger partial charge in [0, 0.05) is 37.8 Å². The van der Waals surface area contributed by atoms with E-state index in [1.54, 1.807) is 20.3 Å². The summed E-state index contributed by atoms with van der Waals surface area (Å²) in [5, 5.41) is 0. The number of methoxy groups -OCH3 is 2. The summed E-state index contributed by atoms with van der Waals surface area (Å²) in [6, 6.07) is 15.4. The van der Waals surface area contributed by atoms with Gasteiger partial charge >= 0.3 is 0 Å². The second-order valence-corrected chi connectivity index (χ2v) is 6.19. The summed E-state index contributed by atoms with van der Waals surface area (Å²) in [5.41, 5.74) is 7.86. The van der Waals surface area contributed by atoms with Gasteiger partial charge in [0.05, 0.1) is 14.2 Å². The maximum atomic E-state index is 5.50. The fourth-order valence-electron chi connectivity index (χ4n) is 3.29. The number of ether oxygens (including phenoxy) is 2. The van der Waals surface area contributed by atoms with Crippen molar-refractivity contribution in [3.05, 3.63) is 65.4 Å². The van der Waals surface area contributed by atoms with Gasteiger partial charge in [-0.15, -0.1) is 12.1 Å². The van der Waals surface area contributed by atoms with Gasteiger partial charge in [0.2, 0.25) is 0 Å². The number of hydrogen-bond donors (Lipinski definition) is 0. The van der Waals surface area contributed by atoms with Gasteiger partial charge in [-0.2, -0.15) is 0 Å². The molecule has 0 aliphatic carbocycles. The standard InChI is InChI=1S/C22H22NO2.Ir/c1-14-10-15(2)22(16(3)11-14)17-8-9-23-20(12-17)19-7-6-18(24-4)13-21(19)25-5;/h6,8-13H,1-5H3;/q-1;. The Morgan fingerprint density at radius 2 is 1.62 bits per heavy atom. The first kappa shape index (κ1) is 20.2. The Morgan fingerprint density at radius 3 is 2.23 bits per heavy atom. The van der Waals surface area contributed by atoms with Crippen molar-refractivity contribution in [2.75, 3.05) is 14.2 Å². The van der Waals surface area contributed by atoms with Crippen LogP contribution in [0.1, 0.15) is 16.7 Å². The van der Waals surface area contributed by atoms with Crippen LogP contribution in [0, 0.1) is 26.8 Å². The number of pyridine rings is 1. The van der Waals surface area contributed by atoms with Gasteiger partial charge in [-0.05, 0) is 54.8 Å². The van der Waals surface area contributed by atoms with E-state index >= 15 is 0 Å². The summed E-state index contributed by atoms with van der Waals surface area (Å²) in [5.74, 6) is 1.41. The molecule has 1 radical (unpaired) electrons. The first-order valence-electron chi connectivity index (χ1n) is 8.22. The molecule has 0 spiro atoms. The molecule has 3 aromatic rings. The van der Waals surface area contributed by atoms with Crippen molar-refractivity contribution in [2.45, 2.75) is 20.8 Å². The molecule has 4 heteroatoms. The zero-order valence-corrected chi connectivity index (χ0v) is 18.0. The van der Waals surface area contributed by atoms with Crippen LogP contribution in [0.25, 0.3) is 22.4 Å². The average molecular weight is 525 g/mol. The van der Waals surface area contributed by atoms with Gasteiger partial charge in [-0.3, -0.25) is 0 Å². The molecule has 0 bridgehead atoms. The van der Waals surface area contributed by atoms with Gasteiger partial charge in [0.1, 0.15) is 0 Å². The zero-order chi connectivity index (χ0) is 18.0. The monoisotopic (exact) mass is 525 g/mol. The Kier molecular flexibility index (Phi) is 6.57. The van der Waals surface area contributed by atoms with E-state index in [9.17, 15) is 0 Å². The number of aryl methyl sites for hydroxylation is 3.